The predicted molar refractivity (Wildman–Crippen MR) is 108 cm³/mol. The van der Waals surface area contributed by atoms with Gasteiger partial charge in [-0.05, 0) is 49.9 Å². The van der Waals surface area contributed by atoms with Crippen LogP contribution in [0.25, 0.3) is 0 Å². The Labute approximate surface area is 172 Å². The van der Waals surface area contributed by atoms with Crippen molar-refractivity contribution in [3.8, 4) is 0 Å². The Morgan fingerprint density at radius 3 is 3.00 bits per heavy atom. The third-order valence-corrected chi connectivity index (χ3v) is 5.22. The van der Waals surface area contributed by atoms with E-state index < -0.39 is 5.69 Å². The van der Waals surface area contributed by atoms with Gasteiger partial charge in [-0.1, -0.05) is 23.7 Å². The second-order valence-corrected chi connectivity index (χ2v) is 7.67. The maximum Gasteiger partial charge on any atom is 0.345 e. The lowest BCUT2D eigenvalue weighted by molar-refractivity contribution is 0.0563. The molecule has 1 aromatic carbocycles. The van der Waals surface area contributed by atoms with Gasteiger partial charge in [0.1, 0.15) is 17.5 Å². The van der Waals surface area contributed by atoms with Gasteiger partial charge in [0.15, 0.2) is 0 Å². The molecule has 1 aliphatic rings. The van der Waals surface area contributed by atoms with Gasteiger partial charge in [0.2, 0.25) is 5.89 Å². The highest BCUT2D eigenvalue weighted by atomic mass is 35.5. The summed E-state index contributed by atoms with van der Waals surface area (Å²) in [6, 6.07) is 8.91. The van der Waals surface area contributed by atoms with Gasteiger partial charge < -0.3 is 14.3 Å². The SMILES string of the molecule is Cc1cc(C(=O)N2CCCC[C@H]2c2ncc(Cc3cccc(Cl)c3)o2)nc(=O)[nH]1. The molecule has 3 heterocycles. The van der Waals surface area contributed by atoms with Crippen molar-refractivity contribution in [2.45, 2.75) is 38.6 Å². The van der Waals surface area contributed by atoms with Gasteiger partial charge in [0, 0.05) is 23.7 Å². The third kappa shape index (κ3) is 4.40. The Bertz CT molecular complexity index is 1090. The van der Waals surface area contributed by atoms with Crippen LogP contribution in [0.15, 0.2) is 45.7 Å². The number of hydrogen-bond donors (Lipinski definition) is 1. The van der Waals surface area contributed by atoms with Crippen LogP contribution in [0.4, 0.5) is 0 Å². The Morgan fingerprint density at radius 1 is 1.34 bits per heavy atom. The molecule has 1 amide bonds. The summed E-state index contributed by atoms with van der Waals surface area (Å²) < 4.78 is 5.99. The zero-order chi connectivity index (χ0) is 20.4. The number of likely N-dealkylation sites (tertiary alicyclic amines) is 1. The van der Waals surface area contributed by atoms with Crippen LogP contribution in [0.3, 0.4) is 0 Å². The Hall–Kier alpha value is -2.93. The molecule has 1 aliphatic heterocycles. The fraction of sp³-hybridized carbons (Fsp3) is 0.333. The Kier molecular flexibility index (Phi) is 5.49. The van der Waals surface area contributed by atoms with Crippen molar-refractivity contribution in [3.63, 3.8) is 0 Å². The molecule has 0 bridgehead atoms. The van der Waals surface area contributed by atoms with Crippen LogP contribution in [0.5, 0.6) is 0 Å². The number of amides is 1. The molecule has 0 spiro atoms. The minimum absolute atomic E-state index is 0.142. The third-order valence-electron chi connectivity index (χ3n) is 4.99. The van der Waals surface area contributed by atoms with Crippen molar-refractivity contribution >= 4 is 17.5 Å². The molecule has 3 aromatic rings. The van der Waals surface area contributed by atoms with Gasteiger partial charge >= 0.3 is 5.69 Å². The van der Waals surface area contributed by atoms with Gasteiger partial charge in [-0.2, -0.15) is 4.98 Å². The molecular weight excluding hydrogens is 392 g/mol. The van der Waals surface area contributed by atoms with Crippen LogP contribution in [0.1, 0.15) is 58.7 Å². The lowest BCUT2D eigenvalue weighted by Gasteiger charge is -2.33. The molecule has 1 saturated heterocycles. The zero-order valence-corrected chi connectivity index (χ0v) is 16.8. The average Bonchev–Trinajstić information content (AvgIpc) is 3.15. The second-order valence-electron chi connectivity index (χ2n) is 7.24. The monoisotopic (exact) mass is 412 g/mol. The molecular formula is C21H21ClN4O3. The lowest BCUT2D eigenvalue weighted by Crippen LogP contribution is -2.39. The van der Waals surface area contributed by atoms with E-state index in [2.05, 4.69) is 15.0 Å². The minimum Gasteiger partial charge on any atom is -0.443 e. The van der Waals surface area contributed by atoms with Crippen LogP contribution in [0.2, 0.25) is 5.02 Å². The highest BCUT2D eigenvalue weighted by Crippen LogP contribution is 2.32. The van der Waals surface area contributed by atoms with Crippen molar-refractivity contribution in [3.05, 3.63) is 80.6 Å². The molecule has 1 atom stereocenters. The molecule has 2 aromatic heterocycles. The number of aryl methyl sites for hydroxylation is 1. The number of rotatable bonds is 4. The fourth-order valence-electron chi connectivity index (χ4n) is 3.67. The highest BCUT2D eigenvalue weighted by molar-refractivity contribution is 6.30. The predicted octanol–water partition coefficient (Wildman–Crippen LogP) is 3.68. The molecule has 0 aliphatic carbocycles. The Balaban J connectivity index is 1.57. The normalized spacial score (nSPS) is 16.8. The van der Waals surface area contributed by atoms with Crippen LogP contribution in [-0.2, 0) is 6.42 Å². The molecule has 29 heavy (non-hydrogen) atoms. The van der Waals surface area contributed by atoms with Crippen molar-refractivity contribution in [2.75, 3.05) is 6.54 Å². The number of hydrogen-bond acceptors (Lipinski definition) is 5. The number of oxazole rings is 1. The van der Waals surface area contributed by atoms with Gasteiger partial charge in [-0.25, -0.2) is 9.78 Å². The summed E-state index contributed by atoms with van der Waals surface area (Å²) in [7, 11) is 0. The number of halogens is 1. The van der Waals surface area contributed by atoms with E-state index in [9.17, 15) is 9.59 Å². The van der Waals surface area contributed by atoms with E-state index in [1.165, 1.54) is 0 Å². The molecule has 1 fully saturated rings. The summed E-state index contributed by atoms with van der Waals surface area (Å²) >= 11 is 6.05. The molecule has 0 saturated carbocycles. The fourth-order valence-corrected chi connectivity index (χ4v) is 3.89. The standard InChI is InChI=1S/C21H21ClN4O3/c1-13-9-17(25-21(28)24-13)20(27)26-8-3-2-7-18(26)19-23-12-16(29-19)11-14-5-4-6-15(22)10-14/h4-6,9-10,12,18H,2-3,7-8,11H2,1H3,(H,24,25,28)/t18-/m0/s1. The summed E-state index contributed by atoms with van der Waals surface area (Å²) in [4.78, 5) is 37.3. The van der Waals surface area contributed by atoms with Crippen LogP contribution >= 0.6 is 11.6 Å². The number of nitrogens with one attached hydrogen (secondary N) is 1. The summed E-state index contributed by atoms with van der Waals surface area (Å²) in [5.41, 5.74) is 1.24. The Morgan fingerprint density at radius 2 is 2.21 bits per heavy atom. The number of aromatic nitrogens is 3. The van der Waals surface area contributed by atoms with Crippen LogP contribution in [-0.4, -0.2) is 32.3 Å². The van der Waals surface area contributed by atoms with Crippen LogP contribution < -0.4 is 5.69 Å². The van der Waals surface area contributed by atoms with E-state index in [1.54, 1.807) is 24.1 Å². The van der Waals surface area contributed by atoms with Crippen molar-refractivity contribution < 1.29 is 9.21 Å². The van der Waals surface area contributed by atoms with E-state index in [0.717, 1.165) is 24.8 Å². The van der Waals surface area contributed by atoms with Gasteiger partial charge in [-0.15, -0.1) is 0 Å². The topological polar surface area (TPSA) is 92.1 Å². The average molecular weight is 413 g/mol. The van der Waals surface area contributed by atoms with E-state index in [4.69, 9.17) is 16.0 Å². The molecule has 4 rings (SSSR count). The number of aromatic amines is 1. The zero-order valence-electron chi connectivity index (χ0n) is 16.0. The maximum absolute atomic E-state index is 13.0. The first-order chi connectivity index (χ1) is 14.0. The smallest absolute Gasteiger partial charge is 0.345 e. The first-order valence-corrected chi connectivity index (χ1v) is 9.95. The number of piperidine rings is 1. The van der Waals surface area contributed by atoms with Crippen molar-refractivity contribution in [1.82, 2.24) is 19.9 Å². The number of benzene rings is 1. The van der Waals surface area contributed by atoms with Crippen molar-refractivity contribution in [1.29, 1.82) is 0 Å². The molecule has 0 radical (unpaired) electrons. The summed E-state index contributed by atoms with van der Waals surface area (Å²) in [5, 5.41) is 0.673. The van der Waals surface area contributed by atoms with E-state index in [1.807, 2.05) is 24.3 Å². The second kappa shape index (κ2) is 8.21. The minimum atomic E-state index is -0.526. The number of carbonyl (C=O) groups excluding carboxylic acids is 1. The molecule has 8 heteroatoms. The van der Waals surface area contributed by atoms with E-state index in [-0.39, 0.29) is 17.6 Å². The van der Waals surface area contributed by atoms with Crippen molar-refractivity contribution in [2.24, 2.45) is 0 Å². The molecule has 0 unspecified atom stereocenters. The first-order valence-electron chi connectivity index (χ1n) is 9.57. The maximum atomic E-state index is 13.0. The van der Waals surface area contributed by atoms with Crippen LogP contribution in [0, 0.1) is 6.92 Å². The van der Waals surface area contributed by atoms with Gasteiger partial charge in [0.05, 0.1) is 6.20 Å². The quantitative estimate of drug-likeness (QED) is 0.705. The highest BCUT2D eigenvalue weighted by Gasteiger charge is 2.32. The number of H-pyrrole nitrogens is 1. The van der Waals surface area contributed by atoms with Gasteiger partial charge in [-0.3, -0.25) is 4.79 Å². The summed E-state index contributed by atoms with van der Waals surface area (Å²) in [6.07, 6.45) is 4.89. The first kappa shape index (κ1) is 19.4. The molecule has 150 valence electrons. The number of carbonyl (C=O) groups is 1. The summed E-state index contributed by atoms with van der Waals surface area (Å²) in [6.45, 7) is 2.30. The summed E-state index contributed by atoms with van der Waals surface area (Å²) in [5.74, 6) is 0.945. The lowest BCUT2D eigenvalue weighted by atomic mass is 10.0. The largest absolute Gasteiger partial charge is 0.443 e. The van der Waals surface area contributed by atoms with E-state index >= 15 is 0 Å². The number of nitrogens with zero attached hydrogens (tertiary/aromatic N) is 3. The molecule has 1 N–H and O–H groups in total. The van der Waals surface area contributed by atoms with Gasteiger partial charge in [0.25, 0.3) is 5.91 Å². The van der Waals surface area contributed by atoms with E-state index in [0.29, 0.717) is 35.3 Å². The molecule has 7 nitrogen and oxygen atoms in total.